The highest BCUT2D eigenvalue weighted by Crippen LogP contribution is 2.43. The molecule has 7 heteroatoms. The van der Waals surface area contributed by atoms with Crippen LogP contribution in [-0.2, 0) is 16.3 Å². The van der Waals surface area contributed by atoms with Gasteiger partial charge in [-0.15, -0.1) is 0 Å². The van der Waals surface area contributed by atoms with Gasteiger partial charge < -0.3 is 10.2 Å². The van der Waals surface area contributed by atoms with E-state index in [2.05, 4.69) is 0 Å². The summed E-state index contributed by atoms with van der Waals surface area (Å²) in [5, 5.41) is 18.2. The maximum Gasteiger partial charge on any atom is 0.175 e. The van der Waals surface area contributed by atoms with Crippen LogP contribution in [0.5, 0.6) is 0 Å². The van der Waals surface area contributed by atoms with Gasteiger partial charge in [-0.3, -0.25) is 0 Å². The minimum absolute atomic E-state index is 0.00103. The molecule has 2 aliphatic rings. The highest BCUT2D eigenvalue weighted by atomic mass is 32.2. The van der Waals surface area contributed by atoms with Crippen LogP contribution in [0.25, 0.3) is 22.8 Å². The number of benzene rings is 3. The van der Waals surface area contributed by atoms with Crippen molar-refractivity contribution in [1.29, 1.82) is 0 Å². The molecule has 0 saturated carbocycles. The van der Waals surface area contributed by atoms with Crippen molar-refractivity contribution in [2.45, 2.75) is 38.0 Å². The van der Waals surface area contributed by atoms with Crippen LogP contribution >= 0.6 is 0 Å². The Morgan fingerprint density at radius 1 is 0.795 bits per heavy atom. The number of sulfone groups is 1. The molecule has 0 bridgehead atoms. The third-order valence-electron chi connectivity index (χ3n) is 7.16. The molecule has 2 aliphatic carbocycles. The molecule has 4 nitrogen and oxygen atoms in total. The lowest BCUT2D eigenvalue weighted by atomic mass is 10.0. The van der Waals surface area contributed by atoms with Gasteiger partial charge >= 0.3 is 0 Å². The Kier molecular flexibility index (Phi) is 8.64. The van der Waals surface area contributed by atoms with Crippen molar-refractivity contribution in [3.8, 4) is 0 Å². The molecule has 3 aromatic carbocycles. The quantitative estimate of drug-likeness (QED) is 0.369. The molecule has 0 radical (unpaired) electrons. The van der Waals surface area contributed by atoms with E-state index >= 15 is 0 Å². The van der Waals surface area contributed by atoms with Crippen LogP contribution in [0.3, 0.4) is 0 Å². The molecule has 2 N–H and O–H groups in total. The van der Waals surface area contributed by atoms with Crippen LogP contribution in [0, 0.1) is 11.6 Å². The Hall–Kier alpha value is -3.39. The zero-order chi connectivity index (χ0) is 28.3. The predicted octanol–water partition coefficient (Wildman–Crippen LogP) is 6.48. The van der Waals surface area contributed by atoms with Crippen molar-refractivity contribution >= 4 is 32.6 Å². The molecule has 0 unspecified atom stereocenters. The van der Waals surface area contributed by atoms with E-state index in [-0.39, 0.29) is 29.7 Å². The summed E-state index contributed by atoms with van der Waals surface area (Å²) in [7, 11) is -3.23. The third kappa shape index (κ3) is 6.27. The fourth-order valence-corrected chi connectivity index (χ4v) is 5.86. The number of hydrogen-bond donors (Lipinski definition) is 2. The first-order valence-electron chi connectivity index (χ1n) is 12.7. The van der Waals surface area contributed by atoms with Crippen LogP contribution < -0.4 is 0 Å². The Labute approximate surface area is 228 Å². The normalized spacial score (nSPS) is 15.4. The third-order valence-corrected chi connectivity index (χ3v) is 8.29. The summed E-state index contributed by atoms with van der Waals surface area (Å²) >= 11 is 0. The smallest absolute Gasteiger partial charge is 0.175 e. The Morgan fingerprint density at radius 3 is 2.00 bits per heavy atom. The summed E-state index contributed by atoms with van der Waals surface area (Å²) in [6.07, 6.45) is 5.12. The van der Waals surface area contributed by atoms with E-state index in [0.717, 1.165) is 51.0 Å². The van der Waals surface area contributed by atoms with E-state index < -0.39 is 9.84 Å². The molecule has 39 heavy (non-hydrogen) atoms. The molecule has 0 heterocycles. The molecule has 0 fully saturated rings. The van der Waals surface area contributed by atoms with Crippen molar-refractivity contribution in [1.82, 2.24) is 0 Å². The fourth-order valence-electron chi connectivity index (χ4n) is 5.23. The van der Waals surface area contributed by atoms with Crippen LogP contribution in [0.1, 0.15) is 54.5 Å². The molecule has 0 amide bonds. The van der Waals surface area contributed by atoms with Crippen molar-refractivity contribution < 1.29 is 27.4 Å². The Bertz CT molecular complexity index is 1600. The van der Waals surface area contributed by atoms with E-state index in [1.165, 1.54) is 35.6 Å². The molecular formula is C32H32F2O4S. The number of rotatable bonds is 6. The lowest BCUT2D eigenvalue weighted by molar-refractivity contribution is 0.304. The molecule has 0 spiro atoms. The van der Waals surface area contributed by atoms with Gasteiger partial charge in [0.05, 0.1) is 4.90 Å². The maximum atomic E-state index is 13.7. The summed E-state index contributed by atoms with van der Waals surface area (Å²) < 4.78 is 49.8. The highest BCUT2D eigenvalue weighted by Gasteiger charge is 2.24. The van der Waals surface area contributed by atoms with Gasteiger partial charge in [-0.25, -0.2) is 17.2 Å². The maximum absolute atomic E-state index is 13.7. The number of halogens is 2. The number of fused-ring (bicyclic) bond motifs is 2. The molecule has 5 rings (SSSR count). The molecule has 0 aliphatic heterocycles. The lowest BCUT2D eigenvalue weighted by Crippen LogP contribution is -1.96. The van der Waals surface area contributed by atoms with Gasteiger partial charge in [0.2, 0.25) is 0 Å². The highest BCUT2D eigenvalue weighted by molar-refractivity contribution is 7.90. The van der Waals surface area contributed by atoms with E-state index in [9.17, 15) is 22.3 Å². The average Bonchev–Trinajstić information content (AvgIpc) is 3.33. The van der Waals surface area contributed by atoms with Gasteiger partial charge in [0.1, 0.15) is 11.6 Å². The van der Waals surface area contributed by atoms with Crippen LogP contribution in [0.15, 0.2) is 76.7 Å². The van der Waals surface area contributed by atoms with Crippen LogP contribution in [0.4, 0.5) is 8.78 Å². The second-order valence-corrected chi connectivity index (χ2v) is 11.9. The van der Waals surface area contributed by atoms with E-state index in [1.54, 1.807) is 36.4 Å². The second-order valence-electron chi connectivity index (χ2n) is 9.88. The Balaban J connectivity index is 0.000000212. The van der Waals surface area contributed by atoms with Gasteiger partial charge in [0.25, 0.3) is 0 Å². The zero-order valence-electron chi connectivity index (χ0n) is 22.3. The van der Waals surface area contributed by atoms with Crippen LogP contribution in [0.2, 0.25) is 0 Å². The first-order chi connectivity index (χ1) is 18.5. The van der Waals surface area contributed by atoms with Crippen molar-refractivity contribution in [3.05, 3.63) is 111 Å². The van der Waals surface area contributed by atoms with Crippen LogP contribution in [-0.4, -0.2) is 38.1 Å². The second kappa shape index (κ2) is 11.8. The molecule has 0 saturated heterocycles. The number of aliphatic hydroxyl groups is 2. The summed E-state index contributed by atoms with van der Waals surface area (Å²) in [5.74, 6) is -0.505. The first kappa shape index (κ1) is 28.6. The van der Waals surface area contributed by atoms with Crippen molar-refractivity contribution in [2.24, 2.45) is 0 Å². The predicted molar refractivity (Wildman–Crippen MR) is 153 cm³/mol. The van der Waals surface area contributed by atoms with Gasteiger partial charge in [-0.2, -0.15) is 0 Å². The van der Waals surface area contributed by atoms with Gasteiger partial charge in [-0.1, -0.05) is 29.8 Å². The first-order valence-corrected chi connectivity index (χ1v) is 14.6. The summed E-state index contributed by atoms with van der Waals surface area (Å²) in [4.78, 5) is 0.275. The monoisotopic (exact) mass is 550 g/mol. The topological polar surface area (TPSA) is 74.6 Å². The summed E-state index contributed by atoms with van der Waals surface area (Å²) in [5.41, 5.74) is 10.0. The average molecular weight is 551 g/mol. The Morgan fingerprint density at radius 2 is 1.38 bits per heavy atom. The number of allylic oxidation sites excluding steroid dienone is 3. The van der Waals surface area contributed by atoms with E-state index in [1.807, 2.05) is 26.0 Å². The fraction of sp³-hybridized carbons (Fsp3) is 0.250. The van der Waals surface area contributed by atoms with Gasteiger partial charge in [0, 0.05) is 19.5 Å². The molecule has 0 aromatic heterocycles. The van der Waals surface area contributed by atoms with Gasteiger partial charge in [0.15, 0.2) is 9.84 Å². The molecule has 3 aromatic rings. The number of hydrogen-bond acceptors (Lipinski definition) is 4. The molecule has 204 valence electrons. The largest absolute Gasteiger partial charge is 0.396 e. The minimum Gasteiger partial charge on any atom is -0.396 e. The molecular weight excluding hydrogens is 518 g/mol. The summed E-state index contributed by atoms with van der Waals surface area (Å²) in [6, 6.07) is 16.2. The number of aliphatic hydroxyl groups excluding tert-OH is 2. The van der Waals surface area contributed by atoms with E-state index in [0.29, 0.717) is 12.8 Å². The molecule has 0 atom stereocenters. The van der Waals surface area contributed by atoms with Crippen molar-refractivity contribution in [3.63, 3.8) is 0 Å². The zero-order valence-corrected chi connectivity index (χ0v) is 23.1. The lowest BCUT2D eigenvalue weighted by Gasteiger charge is -2.05. The SMILES string of the molecule is CC1=C(CCO)c2cc(F)ccc2/C1=C\c1ccc(S(C)(=O)=O)cc1.CC1=C(CCO)c2cc(F)ccc2C1. The van der Waals surface area contributed by atoms with E-state index in [4.69, 9.17) is 5.11 Å². The van der Waals surface area contributed by atoms with Crippen molar-refractivity contribution in [2.75, 3.05) is 19.5 Å². The minimum atomic E-state index is -3.23. The standard InChI is InChI=1S/C20H19FO3S.C12H13FO/c1-13-17(9-10-22)20-12-15(21)5-8-18(20)19(13)11-14-3-6-16(7-4-14)25(2,23)24;1-8-6-9-2-3-10(13)7-12(9)11(8)4-5-14/h3-8,11-12,22H,9-10H2,1-2H3;2-3,7,14H,4-6H2,1H3/b19-11-;. The van der Waals surface area contributed by atoms with Gasteiger partial charge in [-0.05, 0) is 126 Å². The summed E-state index contributed by atoms with van der Waals surface area (Å²) in [6.45, 7) is 4.13.